The first kappa shape index (κ1) is 11.5. The van der Waals surface area contributed by atoms with Gasteiger partial charge in [0.05, 0.1) is 6.61 Å². The van der Waals surface area contributed by atoms with E-state index in [0.29, 0.717) is 23.5 Å². The van der Waals surface area contributed by atoms with Crippen LogP contribution in [0.15, 0.2) is 29.2 Å². The Morgan fingerprint density at radius 3 is 2.94 bits per heavy atom. The van der Waals surface area contributed by atoms with Gasteiger partial charge in [-0.1, -0.05) is 18.7 Å². The Morgan fingerprint density at radius 1 is 1.53 bits per heavy atom. The van der Waals surface area contributed by atoms with Crippen LogP contribution in [0.1, 0.15) is 28.6 Å². The minimum atomic E-state index is -0.343. The lowest BCUT2D eigenvalue weighted by Gasteiger charge is -2.00. The predicted octanol–water partition coefficient (Wildman–Crippen LogP) is 3.56. The second-order valence-electron chi connectivity index (χ2n) is 3.71. The lowest BCUT2D eigenvalue weighted by atomic mass is 10.1. The SMILES string of the molecule is C=Cc1ccc2oc(C)c(C(=O)OCC)c2c1. The van der Waals surface area contributed by atoms with Crippen LogP contribution in [-0.2, 0) is 4.74 Å². The second-order valence-corrected chi connectivity index (χ2v) is 3.71. The zero-order chi connectivity index (χ0) is 12.4. The van der Waals surface area contributed by atoms with Crippen molar-refractivity contribution in [2.75, 3.05) is 6.61 Å². The van der Waals surface area contributed by atoms with Gasteiger partial charge >= 0.3 is 5.97 Å². The van der Waals surface area contributed by atoms with E-state index < -0.39 is 0 Å². The number of hydrogen-bond acceptors (Lipinski definition) is 3. The summed E-state index contributed by atoms with van der Waals surface area (Å²) in [4.78, 5) is 11.8. The van der Waals surface area contributed by atoms with Gasteiger partial charge in [0.25, 0.3) is 0 Å². The van der Waals surface area contributed by atoms with Crippen molar-refractivity contribution in [1.29, 1.82) is 0 Å². The van der Waals surface area contributed by atoms with Crippen molar-refractivity contribution in [2.24, 2.45) is 0 Å². The number of esters is 1. The molecule has 0 unspecified atom stereocenters. The summed E-state index contributed by atoms with van der Waals surface area (Å²) in [5.41, 5.74) is 2.14. The molecular formula is C14H14O3. The van der Waals surface area contributed by atoms with Crippen molar-refractivity contribution in [1.82, 2.24) is 0 Å². The van der Waals surface area contributed by atoms with Crippen LogP contribution in [-0.4, -0.2) is 12.6 Å². The molecule has 0 radical (unpaired) electrons. The van der Waals surface area contributed by atoms with Crippen molar-refractivity contribution in [3.8, 4) is 0 Å². The number of fused-ring (bicyclic) bond motifs is 1. The van der Waals surface area contributed by atoms with Crippen LogP contribution in [0.2, 0.25) is 0 Å². The van der Waals surface area contributed by atoms with Crippen LogP contribution in [0.5, 0.6) is 0 Å². The average Bonchev–Trinajstić information content (AvgIpc) is 2.64. The molecular weight excluding hydrogens is 216 g/mol. The fourth-order valence-corrected chi connectivity index (χ4v) is 1.82. The summed E-state index contributed by atoms with van der Waals surface area (Å²) in [5.74, 6) is 0.240. The monoisotopic (exact) mass is 230 g/mol. The summed E-state index contributed by atoms with van der Waals surface area (Å²) >= 11 is 0. The van der Waals surface area contributed by atoms with Crippen molar-refractivity contribution < 1.29 is 13.9 Å². The van der Waals surface area contributed by atoms with Gasteiger partial charge in [0.15, 0.2) is 0 Å². The van der Waals surface area contributed by atoms with Crippen LogP contribution in [0.4, 0.5) is 0 Å². The standard InChI is InChI=1S/C14H14O3/c1-4-10-6-7-12-11(8-10)13(9(3)17-12)14(15)16-5-2/h4,6-8H,1,5H2,2-3H3. The molecule has 1 heterocycles. The topological polar surface area (TPSA) is 39.4 Å². The van der Waals surface area contributed by atoms with E-state index >= 15 is 0 Å². The molecule has 0 fully saturated rings. The highest BCUT2D eigenvalue weighted by Crippen LogP contribution is 2.27. The van der Waals surface area contributed by atoms with Crippen LogP contribution in [0.3, 0.4) is 0 Å². The molecule has 0 saturated heterocycles. The molecule has 0 atom stereocenters. The molecule has 17 heavy (non-hydrogen) atoms. The third-order valence-electron chi connectivity index (χ3n) is 2.60. The third-order valence-corrected chi connectivity index (χ3v) is 2.60. The number of furan rings is 1. The molecule has 0 saturated carbocycles. The summed E-state index contributed by atoms with van der Waals surface area (Å²) < 4.78 is 10.6. The molecule has 2 rings (SSSR count). The van der Waals surface area contributed by atoms with Gasteiger partial charge in [-0.25, -0.2) is 4.79 Å². The summed E-state index contributed by atoms with van der Waals surface area (Å²) in [6.07, 6.45) is 1.73. The van der Waals surface area contributed by atoms with Crippen molar-refractivity contribution in [3.05, 3.63) is 41.7 Å². The molecule has 88 valence electrons. The summed E-state index contributed by atoms with van der Waals surface area (Å²) in [6.45, 7) is 7.61. The van der Waals surface area contributed by atoms with E-state index in [2.05, 4.69) is 6.58 Å². The van der Waals surface area contributed by atoms with E-state index in [4.69, 9.17) is 9.15 Å². The summed E-state index contributed by atoms with van der Waals surface area (Å²) in [7, 11) is 0. The molecule has 0 aliphatic carbocycles. The fourth-order valence-electron chi connectivity index (χ4n) is 1.82. The minimum absolute atomic E-state index is 0.343. The number of ether oxygens (including phenoxy) is 1. The van der Waals surface area contributed by atoms with Crippen LogP contribution in [0.25, 0.3) is 17.0 Å². The number of rotatable bonds is 3. The molecule has 0 N–H and O–H groups in total. The number of hydrogen-bond donors (Lipinski definition) is 0. The quantitative estimate of drug-likeness (QED) is 0.757. The number of aryl methyl sites for hydroxylation is 1. The minimum Gasteiger partial charge on any atom is -0.462 e. The summed E-state index contributed by atoms with van der Waals surface area (Å²) in [5, 5.41) is 0.776. The van der Waals surface area contributed by atoms with Gasteiger partial charge in [0.2, 0.25) is 0 Å². The van der Waals surface area contributed by atoms with Gasteiger partial charge in [0, 0.05) is 5.39 Å². The van der Waals surface area contributed by atoms with Gasteiger partial charge in [-0.05, 0) is 31.5 Å². The summed E-state index contributed by atoms with van der Waals surface area (Å²) in [6, 6.07) is 5.61. The van der Waals surface area contributed by atoms with Gasteiger partial charge in [-0.3, -0.25) is 0 Å². The largest absolute Gasteiger partial charge is 0.462 e. The zero-order valence-corrected chi connectivity index (χ0v) is 9.95. The first-order valence-corrected chi connectivity index (χ1v) is 5.50. The van der Waals surface area contributed by atoms with E-state index in [-0.39, 0.29) is 5.97 Å². The Morgan fingerprint density at radius 2 is 2.29 bits per heavy atom. The Labute approximate surface area is 99.7 Å². The van der Waals surface area contributed by atoms with E-state index in [1.165, 1.54) is 0 Å². The van der Waals surface area contributed by atoms with E-state index in [1.54, 1.807) is 19.9 Å². The first-order chi connectivity index (χ1) is 8.17. The van der Waals surface area contributed by atoms with Crippen LogP contribution < -0.4 is 0 Å². The van der Waals surface area contributed by atoms with Crippen LogP contribution in [0, 0.1) is 6.92 Å². The Kier molecular flexibility index (Phi) is 3.00. The molecule has 0 aliphatic heterocycles. The maximum Gasteiger partial charge on any atom is 0.342 e. The highest BCUT2D eigenvalue weighted by molar-refractivity contribution is 6.05. The lowest BCUT2D eigenvalue weighted by molar-refractivity contribution is 0.0526. The normalized spacial score (nSPS) is 10.5. The van der Waals surface area contributed by atoms with Crippen molar-refractivity contribution in [2.45, 2.75) is 13.8 Å². The second kappa shape index (κ2) is 4.45. The highest BCUT2D eigenvalue weighted by atomic mass is 16.5. The highest BCUT2D eigenvalue weighted by Gasteiger charge is 2.19. The number of carbonyl (C=O) groups excluding carboxylic acids is 1. The molecule has 1 aromatic heterocycles. The predicted molar refractivity (Wildman–Crippen MR) is 67.0 cm³/mol. The van der Waals surface area contributed by atoms with Gasteiger partial charge in [-0.15, -0.1) is 0 Å². The molecule has 3 heteroatoms. The van der Waals surface area contributed by atoms with Crippen molar-refractivity contribution in [3.63, 3.8) is 0 Å². The molecule has 2 aromatic rings. The lowest BCUT2D eigenvalue weighted by Crippen LogP contribution is -2.05. The fraction of sp³-hybridized carbons (Fsp3) is 0.214. The molecule has 1 aromatic carbocycles. The van der Waals surface area contributed by atoms with Crippen LogP contribution >= 0.6 is 0 Å². The van der Waals surface area contributed by atoms with Crippen molar-refractivity contribution >= 4 is 23.0 Å². The first-order valence-electron chi connectivity index (χ1n) is 5.50. The smallest absolute Gasteiger partial charge is 0.342 e. The van der Waals surface area contributed by atoms with Gasteiger partial charge in [-0.2, -0.15) is 0 Å². The molecule has 3 nitrogen and oxygen atoms in total. The third kappa shape index (κ3) is 1.96. The zero-order valence-electron chi connectivity index (χ0n) is 9.95. The molecule has 0 amide bonds. The molecule has 0 aliphatic rings. The number of carbonyl (C=O) groups is 1. The van der Waals surface area contributed by atoms with Gasteiger partial charge < -0.3 is 9.15 Å². The van der Waals surface area contributed by atoms with E-state index in [1.807, 2.05) is 18.2 Å². The molecule has 0 spiro atoms. The Hall–Kier alpha value is -2.03. The van der Waals surface area contributed by atoms with E-state index in [9.17, 15) is 4.79 Å². The van der Waals surface area contributed by atoms with Gasteiger partial charge in [0.1, 0.15) is 16.9 Å². The molecule has 0 bridgehead atoms. The average molecular weight is 230 g/mol. The van der Waals surface area contributed by atoms with E-state index in [0.717, 1.165) is 10.9 Å². The maximum absolute atomic E-state index is 11.8. The Bertz CT molecular complexity index is 578. The maximum atomic E-state index is 11.8. The Balaban J connectivity index is 2.63. The number of benzene rings is 1.